The van der Waals surface area contributed by atoms with E-state index in [9.17, 15) is 19.1 Å². The molecule has 0 aromatic carbocycles. The molecule has 0 saturated heterocycles. The van der Waals surface area contributed by atoms with Crippen LogP contribution in [-0.2, 0) is 9.36 Å². The quantitative estimate of drug-likeness (QED) is 0.171. The molecule has 0 rings (SSSR count). The van der Waals surface area contributed by atoms with E-state index < -0.39 is 13.9 Å². The summed E-state index contributed by atoms with van der Waals surface area (Å²) in [6, 6.07) is 0. The number of nitrogens with one attached hydrogen (secondary N) is 1. The molecule has 1 N–H and O–H groups in total. The molecule has 0 aliphatic heterocycles. The Hall–Kier alpha value is 0.815. The smallest absolute Gasteiger partial charge is 0.810 e. The normalized spacial score (nSPS) is 10.8. The van der Waals surface area contributed by atoms with E-state index in [0.29, 0.717) is 6.42 Å². The van der Waals surface area contributed by atoms with Crippen LogP contribution in [0, 0.1) is 0 Å². The minimum absolute atomic E-state index is 0. The minimum Gasteiger partial charge on any atom is -0.810 e. The van der Waals surface area contributed by atoms with E-state index >= 15 is 0 Å². The van der Waals surface area contributed by atoms with E-state index in [1.54, 1.807) is 0 Å². The van der Waals surface area contributed by atoms with E-state index in [4.69, 9.17) is 0 Å². The third-order valence-electron chi connectivity index (χ3n) is 4.48. The number of rotatable bonds is 18. The van der Waals surface area contributed by atoms with Crippen LogP contribution in [0.15, 0.2) is 0 Å². The molecule has 27 heavy (non-hydrogen) atoms. The summed E-state index contributed by atoms with van der Waals surface area (Å²) < 4.78 is 10.4. The molecule has 0 bridgehead atoms. The largest absolute Gasteiger partial charge is 1.00 e. The first-order valence-electron chi connectivity index (χ1n) is 10.2. The fraction of sp³-hybridized carbons (Fsp3) is 0.947. The zero-order valence-electron chi connectivity index (χ0n) is 18.1. The molecule has 0 aromatic heterocycles. The Balaban J connectivity index is -0.00000288. The summed E-state index contributed by atoms with van der Waals surface area (Å²) in [6.07, 6.45) is 18.5. The molecule has 0 atom stereocenters. The van der Waals surface area contributed by atoms with Gasteiger partial charge in [0.25, 0.3) is 0 Å². The van der Waals surface area contributed by atoms with Crippen molar-refractivity contribution in [2.45, 2.75) is 110 Å². The molecule has 0 aliphatic carbocycles. The molecule has 8 heteroatoms. The predicted molar refractivity (Wildman–Crippen MR) is 100 cm³/mol. The second-order valence-corrected chi connectivity index (χ2v) is 8.61. The van der Waals surface area contributed by atoms with Crippen molar-refractivity contribution in [3.05, 3.63) is 0 Å². The Morgan fingerprint density at radius 2 is 1.04 bits per heavy atom. The van der Waals surface area contributed by atoms with Gasteiger partial charge in [-0.05, 0) is 14.0 Å². The van der Waals surface area contributed by atoms with Crippen molar-refractivity contribution in [1.82, 2.24) is 5.32 Å². The summed E-state index contributed by atoms with van der Waals surface area (Å²) in [5, 5.41) is 2.15. The Bertz CT molecular complexity index is 368. The minimum atomic E-state index is -4.63. The standard InChI is InChI=1S/C19H40NO4P.2Li/c1-2-3-4-5-6-7-8-9-10-11-12-13-14-15-16-17-19(21)20-18-25(22,23)24;;/h2-18H2,1H3,(H,20,21)(H2,22,23,24);;/q;2*+1/p-2. The van der Waals surface area contributed by atoms with Crippen LogP contribution >= 0.6 is 7.60 Å². The number of hydrogen-bond donors (Lipinski definition) is 1. The first kappa shape index (κ1) is 32.5. The summed E-state index contributed by atoms with van der Waals surface area (Å²) in [5.41, 5.74) is 0. The number of unbranched alkanes of at least 4 members (excludes halogenated alkanes) is 14. The van der Waals surface area contributed by atoms with Crippen LogP contribution in [0.5, 0.6) is 0 Å². The molecule has 0 fully saturated rings. The molecular weight excluding hydrogens is 351 g/mol. The van der Waals surface area contributed by atoms with Crippen molar-refractivity contribution in [3.63, 3.8) is 0 Å². The van der Waals surface area contributed by atoms with Crippen molar-refractivity contribution in [2.75, 3.05) is 6.29 Å². The average Bonchev–Trinajstić information content (AvgIpc) is 2.56. The van der Waals surface area contributed by atoms with Gasteiger partial charge in [0.1, 0.15) is 0 Å². The summed E-state index contributed by atoms with van der Waals surface area (Å²) in [4.78, 5) is 32.1. The van der Waals surface area contributed by atoms with Crippen LogP contribution in [0.3, 0.4) is 0 Å². The van der Waals surface area contributed by atoms with Crippen molar-refractivity contribution in [3.8, 4) is 0 Å². The van der Waals surface area contributed by atoms with Gasteiger partial charge in [-0.1, -0.05) is 96.8 Å². The van der Waals surface area contributed by atoms with Gasteiger partial charge >= 0.3 is 37.7 Å². The first-order chi connectivity index (χ1) is 12.0. The van der Waals surface area contributed by atoms with Crippen molar-refractivity contribution in [1.29, 1.82) is 0 Å². The summed E-state index contributed by atoms with van der Waals surface area (Å²) in [7, 11) is -4.63. The molecule has 0 saturated carbocycles. The van der Waals surface area contributed by atoms with Gasteiger partial charge in [0.15, 0.2) is 0 Å². The van der Waals surface area contributed by atoms with Gasteiger partial charge in [-0.3, -0.25) is 4.79 Å². The second-order valence-electron chi connectivity index (χ2n) is 7.07. The molecule has 150 valence electrons. The van der Waals surface area contributed by atoms with Crippen LogP contribution < -0.4 is 52.8 Å². The first-order valence-corrected chi connectivity index (χ1v) is 12.0. The molecule has 0 aliphatic rings. The van der Waals surface area contributed by atoms with Gasteiger partial charge in [-0.2, -0.15) is 0 Å². The zero-order valence-corrected chi connectivity index (χ0v) is 19.0. The maximum atomic E-state index is 11.3. The molecule has 0 radical (unpaired) electrons. The summed E-state index contributed by atoms with van der Waals surface area (Å²) >= 11 is 0. The van der Waals surface area contributed by atoms with Gasteiger partial charge in [-0.25, -0.2) is 0 Å². The van der Waals surface area contributed by atoms with Crippen molar-refractivity contribution in [2.24, 2.45) is 0 Å². The third kappa shape index (κ3) is 29.1. The van der Waals surface area contributed by atoms with Crippen LogP contribution in [0.2, 0.25) is 0 Å². The Morgan fingerprint density at radius 3 is 1.37 bits per heavy atom. The van der Waals surface area contributed by atoms with Gasteiger partial charge < -0.3 is 19.7 Å². The van der Waals surface area contributed by atoms with Crippen molar-refractivity contribution < 1.29 is 56.9 Å². The Kier molecular flexibility index (Phi) is 27.8. The van der Waals surface area contributed by atoms with Crippen molar-refractivity contribution >= 4 is 13.5 Å². The SMILES string of the molecule is CCCCCCCCCCCCCCCCCC(=O)NCP(=O)([O-])[O-].[Li+].[Li+]. The molecule has 0 aromatic rings. The molecule has 1 amide bonds. The van der Waals surface area contributed by atoms with E-state index in [2.05, 4.69) is 12.2 Å². The monoisotopic (exact) mass is 389 g/mol. The molecule has 5 nitrogen and oxygen atoms in total. The van der Waals surface area contributed by atoms with Gasteiger partial charge in [0, 0.05) is 12.7 Å². The van der Waals surface area contributed by atoms with Gasteiger partial charge in [0.2, 0.25) is 5.91 Å². The summed E-state index contributed by atoms with van der Waals surface area (Å²) in [6.45, 7) is 2.25. The van der Waals surface area contributed by atoms with Crippen LogP contribution in [0.4, 0.5) is 0 Å². The number of hydrogen-bond acceptors (Lipinski definition) is 4. The van der Waals surface area contributed by atoms with E-state index in [0.717, 1.165) is 19.3 Å². The van der Waals surface area contributed by atoms with Gasteiger partial charge in [-0.15, -0.1) is 0 Å². The molecular formula is C19H38Li2NO4P. The molecule has 0 unspecified atom stereocenters. The number of carbonyl (C=O) groups excluding carboxylic acids is 1. The van der Waals surface area contributed by atoms with E-state index in [-0.39, 0.29) is 43.6 Å². The van der Waals surface area contributed by atoms with Gasteiger partial charge in [0.05, 0.1) is 0 Å². The Labute approximate surface area is 191 Å². The van der Waals surface area contributed by atoms with E-state index in [1.807, 2.05) is 0 Å². The maximum absolute atomic E-state index is 11.3. The fourth-order valence-corrected chi connectivity index (χ4v) is 3.30. The predicted octanol–water partition coefficient (Wildman–Crippen LogP) is -1.76. The fourth-order valence-electron chi connectivity index (χ4n) is 2.93. The van der Waals surface area contributed by atoms with Crippen LogP contribution in [0.1, 0.15) is 110 Å². The third-order valence-corrected chi connectivity index (χ3v) is 5.02. The molecule has 0 spiro atoms. The Morgan fingerprint density at radius 1 is 0.704 bits per heavy atom. The van der Waals surface area contributed by atoms with E-state index in [1.165, 1.54) is 77.0 Å². The number of carbonyl (C=O) groups is 1. The number of amides is 1. The van der Waals surface area contributed by atoms with Crippen LogP contribution in [-0.4, -0.2) is 12.2 Å². The zero-order chi connectivity index (χ0) is 18.8. The summed E-state index contributed by atoms with van der Waals surface area (Å²) in [5.74, 6) is -0.346. The topological polar surface area (TPSA) is 92.3 Å². The second kappa shape index (κ2) is 23.1. The van der Waals surface area contributed by atoms with Crippen LogP contribution in [0.25, 0.3) is 0 Å². The molecule has 0 heterocycles. The maximum Gasteiger partial charge on any atom is 1.00 e. The average molecular weight is 389 g/mol.